The minimum absolute atomic E-state index is 0.558. The maximum atomic E-state index is 6.25. The summed E-state index contributed by atoms with van der Waals surface area (Å²) in [6, 6.07) is 13.6. The van der Waals surface area contributed by atoms with E-state index in [4.69, 9.17) is 27.9 Å². The Hall–Kier alpha value is -1.18. The van der Waals surface area contributed by atoms with E-state index < -0.39 is 0 Å². The van der Waals surface area contributed by atoms with E-state index in [0.717, 1.165) is 24.0 Å². The molecule has 0 N–H and O–H groups in total. The Morgan fingerprint density at radius 3 is 2.47 bits per heavy atom. The SMILES string of the molecule is CCCCOc1c(Cl)cc(Cl)cc1-c1ccccc1. The van der Waals surface area contributed by atoms with Crippen molar-refractivity contribution >= 4 is 23.2 Å². The topological polar surface area (TPSA) is 9.23 Å². The number of unbranched alkanes of at least 4 members (excludes halogenated alkanes) is 1. The molecule has 0 heterocycles. The molecule has 2 rings (SSSR count). The van der Waals surface area contributed by atoms with Crippen molar-refractivity contribution in [3.63, 3.8) is 0 Å². The molecular weight excluding hydrogens is 279 g/mol. The lowest BCUT2D eigenvalue weighted by atomic mass is 10.0. The van der Waals surface area contributed by atoms with E-state index in [1.54, 1.807) is 6.07 Å². The molecule has 0 aliphatic rings. The highest BCUT2D eigenvalue weighted by molar-refractivity contribution is 6.36. The number of rotatable bonds is 5. The van der Waals surface area contributed by atoms with Crippen molar-refractivity contribution in [2.24, 2.45) is 0 Å². The van der Waals surface area contributed by atoms with Gasteiger partial charge in [0.15, 0.2) is 0 Å². The summed E-state index contributed by atoms with van der Waals surface area (Å²) in [6.45, 7) is 2.79. The van der Waals surface area contributed by atoms with Gasteiger partial charge in [-0.05, 0) is 24.1 Å². The van der Waals surface area contributed by atoms with E-state index >= 15 is 0 Å². The summed E-state index contributed by atoms with van der Waals surface area (Å²) >= 11 is 12.3. The molecule has 0 amide bonds. The van der Waals surface area contributed by atoms with E-state index in [2.05, 4.69) is 6.92 Å². The quantitative estimate of drug-likeness (QED) is 0.630. The first kappa shape index (κ1) is 14.2. The Balaban J connectivity index is 2.40. The number of ether oxygens (including phenoxy) is 1. The molecule has 0 radical (unpaired) electrons. The lowest BCUT2D eigenvalue weighted by molar-refractivity contribution is 0.311. The van der Waals surface area contributed by atoms with Gasteiger partial charge < -0.3 is 4.74 Å². The van der Waals surface area contributed by atoms with Crippen LogP contribution in [0, 0.1) is 0 Å². The summed E-state index contributed by atoms with van der Waals surface area (Å²) < 4.78 is 5.83. The standard InChI is InChI=1S/C16H16Cl2O/c1-2-3-9-19-16-14(10-13(17)11-15(16)18)12-7-5-4-6-8-12/h4-8,10-11H,2-3,9H2,1H3. The van der Waals surface area contributed by atoms with Crippen molar-refractivity contribution in [1.82, 2.24) is 0 Å². The highest BCUT2D eigenvalue weighted by Gasteiger charge is 2.12. The van der Waals surface area contributed by atoms with E-state index in [1.807, 2.05) is 36.4 Å². The van der Waals surface area contributed by atoms with Gasteiger partial charge in [0.05, 0.1) is 11.6 Å². The average Bonchev–Trinajstić information content (AvgIpc) is 2.42. The van der Waals surface area contributed by atoms with Crippen molar-refractivity contribution in [2.45, 2.75) is 19.8 Å². The van der Waals surface area contributed by atoms with Gasteiger partial charge in [-0.15, -0.1) is 0 Å². The fourth-order valence-electron chi connectivity index (χ4n) is 1.86. The van der Waals surface area contributed by atoms with Gasteiger partial charge in [0, 0.05) is 10.6 Å². The monoisotopic (exact) mass is 294 g/mol. The zero-order chi connectivity index (χ0) is 13.7. The number of hydrogen-bond acceptors (Lipinski definition) is 1. The summed E-state index contributed by atoms with van der Waals surface area (Å²) in [5.41, 5.74) is 1.99. The molecule has 0 saturated carbocycles. The number of hydrogen-bond donors (Lipinski definition) is 0. The molecule has 0 aromatic heterocycles. The van der Waals surface area contributed by atoms with Crippen molar-refractivity contribution in [3.8, 4) is 16.9 Å². The van der Waals surface area contributed by atoms with Gasteiger partial charge in [-0.1, -0.05) is 66.9 Å². The predicted molar refractivity (Wildman–Crippen MR) is 82.3 cm³/mol. The minimum Gasteiger partial charge on any atom is -0.491 e. The smallest absolute Gasteiger partial charge is 0.145 e. The van der Waals surface area contributed by atoms with Gasteiger partial charge in [-0.2, -0.15) is 0 Å². The summed E-state index contributed by atoms with van der Waals surface area (Å²) in [7, 11) is 0. The second-order valence-electron chi connectivity index (χ2n) is 4.33. The first-order valence-electron chi connectivity index (χ1n) is 6.39. The van der Waals surface area contributed by atoms with Crippen molar-refractivity contribution in [2.75, 3.05) is 6.61 Å². The molecule has 0 spiro atoms. The minimum atomic E-state index is 0.558. The number of benzene rings is 2. The van der Waals surface area contributed by atoms with Crippen LogP contribution in [0.5, 0.6) is 5.75 Å². The largest absolute Gasteiger partial charge is 0.491 e. The van der Waals surface area contributed by atoms with E-state index in [0.29, 0.717) is 22.4 Å². The van der Waals surface area contributed by atoms with Gasteiger partial charge in [0.1, 0.15) is 5.75 Å². The predicted octanol–water partition coefficient (Wildman–Crippen LogP) is 5.84. The third-order valence-corrected chi connectivity index (χ3v) is 3.34. The fraction of sp³-hybridized carbons (Fsp3) is 0.250. The van der Waals surface area contributed by atoms with Crippen molar-refractivity contribution in [3.05, 3.63) is 52.5 Å². The molecule has 0 fully saturated rings. The lowest BCUT2D eigenvalue weighted by Gasteiger charge is -2.14. The second-order valence-corrected chi connectivity index (χ2v) is 5.18. The van der Waals surface area contributed by atoms with Crippen LogP contribution in [0.4, 0.5) is 0 Å². The maximum absolute atomic E-state index is 6.25. The van der Waals surface area contributed by atoms with Crippen LogP contribution < -0.4 is 4.74 Å². The van der Waals surface area contributed by atoms with Crippen molar-refractivity contribution < 1.29 is 4.74 Å². The molecule has 0 unspecified atom stereocenters. The van der Waals surface area contributed by atoms with Crippen LogP contribution in [0.3, 0.4) is 0 Å². The summed E-state index contributed by atoms with van der Waals surface area (Å²) in [6.07, 6.45) is 2.10. The summed E-state index contributed by atoms with van der Waals surface area (Å²) in [4.78, 5) is 0. The molecular formula is C16H16Cl2O. The van der Waals surface area contributed by atoms with Crippen LogP contribution >= 0.6 is 23.2 Å². The highest BCUT2D eigenvalue weighted by Crippen LogP contribution is 2.39. The fourth-order valence-corrected chi connectivity index (χ4v) is 2.41. The summed E-state index contributed by atoms with van der Waals surface area (Å²) in [5, 5.41) is 1.18. The molecule has 0 bridgehead atoms. The van der Waals surface area contributed by atoms with Gasteiger partial charge in [-0.25, -0.2) is 0 Å². The van der Waals surface area contributed by atoms with Gasteiger partial charge in [0.25, 0.3) is 0 Å². The first-order chi connectivity index (χ1) is 9.22. The van der Waals surface area contributed by atoms with Crippen LogP contribution in [-0.4, -0.2) is 6.61 Å². The average molecular weight is 295 g/mol. The van der Waals surface area contributed by atoms with Gasteiger partial charge >= 0.3 is 0 Å². The molecule has 0 aliphatic carbocycles. The molecule has 0 aliphatic heterocycles. The van der Waals surface area contributed by atoms with Crippen LogP contribution in [-0.2, 0) is 0 Å². The van der Waals surface area contributed by atoms with Crippen LogP contribution in [0.1, 0.15) is 19.8 Å². The molecule has 19 heavy (non-hydrogen) atoms. The normalized spacial score (nSPS) is 10.5. The maximum Gasteiger partial charge on any atom is 0.145 e. The third kappa shape index (κ3) is 3.65. The Labute approximate surface area is 124 Å². The highest BCUT2D eigenvalue weighted by atomic mass is 35.5. The first-order valence-corrected chi connectivity index (χ1v) is 7.15. The van der Waals surface area contributed by atoms with Crippen LogP contribution in [0.25, 0.3) is 11.1 Å². The number of halogens is 2. The van der Waals surface area contributed by atoms with Crippen LogP contribution in [0.2, 0.25) is 10.0 Å². The third-order valence-electron chi connectivity index (χ3n) is 2.84. The van der Waals surface area contributed by atoms with E-state index in [9.17, 15) is 0 Å². The zero-order valence-electron chi connectivity index (χ0n) is 10.8. The lowest BCUT2D eigenvalue weighted by Crippen LogP contribution is -1.99. The molecule has 0 atom stereocenters. The molecule has 100 valence electrons. The van der Waals surface area contributed by atoms with Gasteiger partial charge in [0.2, 0.25) is 0 Å². The Morgan fingerprint density at radius 1 is 1.05 bits per heavy atom. The van der Waals surface area contributed by atoms with E-state index in [1.165, 1.54) is 0 Å². The Morgan fingerprint density at radius 2 is 1.79 bits per heavy atom. The molecule has 2 aromatic carbocycles. The molecule has 1 nitrogen and oxygen atoms in total. The second kappa shape index (κ2) is 6.83. The van der Waals surface area contributed by atoms with E-state index in [-0.39, 0.29) is 0 Å². The molecule has 2 aromatic rings. The molecule has 0 saturated heterocycles. The zero-order valence-corrected chi connectivity index (χ0v) is 12.3. The Kier molecular flexibility index (Phi) is 5.12. The van der Waals surface area contributed by atoms with Crippen LogP contribution in [0.15, 0.2) is 42.5 Å². The van der Waals surface area contributed by atoms with Gasteiger partial charge in [-0.3, -0.25) is 0 Å². The van der Waals surface area contributed by atoms with Crippen molar-refractivity contribution in [1.29, 1.82) is 0 Å². The molecule has 3 heteroatoms. The Bertz CT molecular complexity index is 538. The summed E-state index contributed by atoms with van der Waals surface area (Å²) in [5.74, 6) is 0.714.